The monoisotopic (exact) mass is 427 g/mol. The molecule has 1 amide bonds. The van der Waals surface area contributed by atoms with Gasteiger partial charge in [0.2, 0.25) is 5.91 Å². The molecule has 0 radical (unpaired) electrons. The third kappa shape index (κ3) is 4.40. The van der Waals surface area contributed by atoms with Gasteiger partial charge < -0.3 is 4.90 Å². The molecule has 3 aromatic carbocycles. The molecule has 0 saturated heterocycles. The maximum absolute atomic E-state index is 12.5. The minimum atomic E-state index is -0.114. The van der Waals surface area contributed by atoms with Gasteiger partial charge in [-0.25, -0.2) is 5.43 Å². The summed E-state index contributed by atoms with van der Waals surface area (Å²) in [7, 11) is 0. The van der Waals surface area contributed by atoms with Gasteiger partial charge in [0, 0.05) is 17.3 Å². The van der Waals surface area contributed by atoms with Crippen molar-refractivity contribution in [1.29, 1.82) is 0 Å². The molecule has 1 N–H and O–H groups in total. The Kier molecular flexibility index (Phi) is 6.05. The van der Waals surface area contributed by atoms with Crippen LogP contribution in [-0.4, -0.2) is 23.7 Å². The number of nitrogens with one attached hydrogen (secondary N) is 1. The second kappa shape index (κ2) is 8.78. The van der Waals surface area contributed by atoms with Gasteiger partial charge in [0.1, 0.15) is 0 Å². The van der Waals surface area contributed by atoms with Gasteiger partial charge in [0.15, 0.2) is 0 Å². The summed E-state index contributed by atoms with van der Waals surface area (Å²) in [6, 6.07) is 21.1. The van der Waals surface area contributed by atoms with E-state index in [9.17, 15) is 4.79 Å². The molecule has 1 aliphatic rings. The number of carbonyl (C=O) groups excluding carboxylic acids is 1. The maximum Gasteiger partial charge on any atom is 0.244 e. The zero-order chi connectivity index (χ0) is 22.9. The van der Waals surface area contributed by atoms with Crippen molar-refractivity contribution >= 4 is 28.6 Å². The Morgan fingerprint density at radius 3 is 2.69 bits per heavy atom. The quantitative estimate of drug-likeness (QED) is 0.399. The largest absolute Gasteiger partial charge is 0.364 e. The molecule has 0 unspecified atom stereocenters. The molecule has 32 heavy (non-hydrogen) atoms. The minimum absolute atomic E-state index is 0.114. The number of amides is 1. The van der Waals surface area contributed by atoms with E-state index in [-0.39, 0.29) is 11.4 Å². The second-order valence-electron chi connectivity index (χ2n) is 9.81. The van der Waals surface area contributed by atoms with Crippen molar-refractivity contribution in [2.75, 3.05) is 4.90 Å². The first-order chi connectivity index (χ1) is 15.3. The molecule has 4 heteroatoms. The van der Waals surface area contributed by atoms with Crippen molar-refractivity contribution in [1.82, 2.24) is 5.43 Å². The molecule has 1 heterocycles. The summed E-state index contributed by atoms with van der Waals surface area (Å²) in [5.41, 5.74) is 7.50. The summed E-state index contributed by atoms with van der Waals surface area (Å²) < 4.78 is 0. The number of hydrogen-bond acceptors (Lipinski definition) is 3. The number of hydrogen-bond donors (Lipinski definition) is 1. The topological polar surface area (TPSA) is 44.7 Å². The molecular weight excluding hydrogens is 394 g/mol. The van der Waals surface area contributed by atoms with E-state index in [4.69, 9.17) is 0 Å². The van der Waals surface area contributed by atoms with E-state index in [2.05, 4.69) is 86.4 Å². The summed E-state index contributed by atoms with van der Waals surface area (Å²) in [6.45, 7) is 11.5. The number of anilines is 1. The maximum atomic E-state index is 12.5. The fourth-order valence-corrected chi connectivity index (χ4v) is 5.37. The van der Waals surface area contributed by atoms with Crippen LogP contribution in [0.5, 0.6) is 0 Å². The molecular formula is C28H33N3O. The highest BCUT2D eigenvalue weighted by Gasteiger charge is 2.37. The molecule has 0 saturated carbocycles. The lowest BCUT2D eigenvalue weighted by Gasteiger charge is -2.50. The van der Waals surface area contributed by atoms with Gasteiger partial charge in [-0.3, -0.25) is 4.79 Å². The molecule has 166 valence electrons. The summed E-state index contributed by atoms with van der Waals surface area (Å²) in [6.07, 6.45) is 3.16. The van der Waals surface area contributed by atoms with Crippen LogP contribution in [0.2, 0.25) is 0 Å². The number of fused-ring (bicyclic) bond motifs is 2. The van der Waals surface area contributed by atoms with Crippen molar-refractivity contribution < 1.29 is 4.79 Å². The van der Waals surface area contributed by atoms with E-state index >= 15 is 0 Å². The first-order valence-corrected chi connectivity index (χ1v) is 11.5. The SMILES string of the molecule is CC(C)N1c2ccc(/C=N\NC(=O)Cc3cccc4ccccc34)cc2[C@H](C)CC1(C)C. The van der Waals surface area contributed by atoms with Crippen LogP contribution in [0.4, 0.5) is 5.69 Å². The van der Waals surface area contributed by atoms with Gasteiger partial charge in [-0.1, -0.05) is 55.5 Å². The first kappa shape index (κ1) is 22.1. The number of hydrazone groups is 1. The van der Waals surface area contributed by atoms with E-state index in [1.807, 2.05) is 24.3 Å². The van der Waals surface area contributed by atoms with Crippen LogP contribution in [-0.2, 0) is 11.2 Å². The van der Waals surface area contributed by atoms with E-state index in [1.54, 1.807) is 6.21 Å². The van der Waals surface area contributed by atoms with Crippen molar-refractivity contribution in [2.24, 2.45) is 5.10 Å². The Bertz CT molecular complexity index is 1160. The molecule has 0 aliphatic carbocycles. The van der Waals surface area contributed by atoms with Gasteiger partial charge in [-0.15, -0.1) is 0 Å². The number of benzene rings is 3. The molecule has 0 bridgehead atoms. The van der Waals surface area contributed by atoms with E-state index in [0.717, 1.165) is 28.3 Å². The predicted octanol–water partition coefficient (Wildman–Crippen LogP) is 6.03. The van der Waals surface area contributed by atoms with Crippen LogP contribution in [0.25, 0.3) is 10.8 Å². The Hall–Kier alpha value is -3.14. The summed E-state index contributed by atoms with van der Waals surface area (Å²) in [5.74, 6) is 0.362. The summed E-state index contributed by atoms with van der Waals surface area (Å²) in [4.78, 5) is 15.0. The number of nitrogens with zero attached hydrogens (tertiary/aromatic N) is 2. The minimum Gasteiger partial charge on any atom is -0.364 e. The Balaban J connectivity index is 1.47. The lowest BCUT2D eigenvalue weighted by Crippen LogP contribution is -2.51. The highest BCUT2D eigenvalue weighted by molar-refractivity contribution is 5.90. The van der Waals surface area contributed by atoms with Crippen LogP contribution >= 0.6 is 0 Å². The van der Waals surface area contributed by atoms with Crippen LogP contribution in [0.15, 0.2) is 65.8 Å². The predicted molar refractivity (Wildman–Crippen MR) is 135 cm³/mol. The lowest BCUT2D eigenvalue weighted by molar-refractivity contribution is -0.120. The number of rotatable bonds is 5. The van der Waals surface area contributed by atoms with Crippen molar-refractivity contribution in [3.8, 4) is 0 Å². The molecule has 1 aliphatic heterocycles. The zero-order valence-electron chi connectivity index (χ0n) is 19.7. The fourth-order valence-electron chi connectivity index (χ4n) is 5.37. The van der Waals surface area contributed by atoms with E-state index in [0.29, 0.717) is 18.4 Å². The number of carbonyl (C=O) groups is 1. The van der Waals surface area contributed by atoms with Crippen LogP contribution < -0.4 is 10.3 Å². The average molecular weight is 428 g/mol. The summed E-state index contributed by atoms with van der Waals surface area (Å²) in [5, 5.41) is 6.48. The summed E-state index contributed by atoms with van der Waals surface area (Å²) >= 11 is 0. The Morgan fingerprint density at radius 1 is 1.16 bits per heavy atom. The highest BCUT2D eigenvalue weighted by atomic mass is 16.2. The first-order valence-electron chi connectivity index (χ1n) is 11.5. The second-order valence-corrected chi connectivity index (χ2v) is 9.81. The van der Waals surface area contributed by atoms with E-state index < -0.39 is 0 Å². The molecule has 0 aromatic heterocycles. The van der Waals surface area contributed by atoms with Gasteiger partial charge >= 0.3 is 0 Å². The van der Waals surface area contributed by atoms with Gasteiger partial charge in [0.25, 0.3) is 0 Å². The van der Waals surface area contributed by atoms with Crippen LogP contribution in [0, 0.1) is 0 Å². The van der Waals surface area contributed by atoms with Crippen LogP contribution in [0.1, 0.15) is 63.6 Å². The molecule has 4 nitrogen and oxygen atoms in total. The molecule has 1 atom stereocenters. The van der Waals surface area contributed by atoms with Crippen molar-refractivity contribution in [2.45, 2.75) is 65.0 Å². The molecule has 4 rings (SSSR count). The third-order valence-corrected chi connectivity index (χ3v) is 6.45. The van der Waals surface area contributed by atoms with Gasteiger partial charge in [-0.05, 0) is 79.6 Å². The van der Waals surface area contributed by atoms with Gasteiger partial charge in [-0.2, -0.15) is 5.10 Å². The fraction of sp³-hybridized carbons (Fsp3) is 0.357. The van der Waals surface area contributed by atoms with Crippen molar-refractivity contribution in [3.05, 3.63) is 77.4 Å². The molecule has 3 aromatic rings. The van der Waals surface area contributed by atoms with Crippen LogP contribution in [0.3, 0.4) is 0 Å². The lowest BCUT2D eigenvalue weighted by atomic mass is 9.79. The Labute approximate surface area is 191 Å². The average Bonchev–Trinajstić information content (AvgIpc) is 2.73. The third-order valence-electron chi connectivity index (χ3n) is 6.45. The zero-order valence-corrected chi connectivity index (χ0v) is 19.7. The highest BCUT2D eigenvalue weighted by Crippen LogP contribution is 2.44. The standard InChI is InChI=1S/C28H33N3O/c1-19(2)31-26-14-13-21(15-25(26)20(3)17-28(31,4)5)18-29-30-27(32)16-23-11-8-10-22-9-6-7-12-24(22)23/h6-15,18-20H,16-17H2,1-5H3,(H,30,32)/b29-18-/t20-/m1/s1. The van der Waals surface area contributed by atoms with Crippen molar-refractivity contribution in [3.63, 3.8) is 0 Å². The van der Waals surface area contributed by atoms with E-state index in [1.165, 1.54) is 11.3 Å². The molecule has 0 spiro atoms. The smallest absolute Gasteiger partial charge is 0.244 e. The van der Waals surface area contributed by atoms with Gasteiger partial charge in [0.05, 0.1) is 12.6 Å². The molecule has 0 fully saturated rings. The Morgan fingerprint density at radius 2 is 1.91 bits per heavy atom. The normalized spacial score (nSPS) is 17.7.